The van der Waals surface area contributed by atoms with E-state index < -0.39 is 41.0 Å². The van der Waals surface area contributed by atoms with Crippen molar-refractivity contribution in [3.63, 3.8) is 0 Å². The lowest BCUT2D eigenvalue weighted by Gasteiger charge is -2.20. The van der Waals surface area contributed by atoms with Gasteiger partial charge in [0.25, 0.3) is 5.91 Å². The summed E-state index contributed by atoms with van der Waals surface area (Å²) in [5.74, 6) is 1.27. The molecule has 0 aliphatic heterocycles. The lowest BCUT2D eigenvalue weighted by molar-refractivity contribution is -0.125. The molecule has 3 heterocycles. The summed E-state index contributed by atoms with van der Waals surface area (Å²) in [5, 5.41) is 20.9. The van der Waals surface area contributed by atoms with Crippen molar-refractivity contribution in [1.82, 2.24) is 34.0 Å². The van der Waals surface area contributed by atoms with E-state index in [1.807, 2.05) is 92.3 Å². The maximum absolute atomic E-state index is 14.0. The summed E-state index contributed by atoms with van der Waals surface area (Å²) in [7, 11) is 0. The molecule has 0 aliphatic carbocycles. The molecule has 11 rings (SSSR count). The summed E-state index contributed by atoms with van der Waals surface area (Å²) in [5.41, 5.74) is 9.03. The monoisotopic (exact) mass is 1470 g/mol. The summed E-state index contributed by atoms with van der Waals surface area (Å²) in [6.07, 6.45) is 12.9. The molecule has 23 heteroatoms. The summed E-state index contributed by atoms with van der Waals surface area (Å²) in [4.78, 5) is 46.5. The minimum atomic E-state index is -1.17. The predicted octanol–water partition coefficient (Wildman–Crippen LogP) is 20.3. The first kappa shape index (κ1) is 78.6. The Kier molecular flexibility index (Phi) is 28.9. The minimum Gasteiger partial charge on any atom is -0.508 e. The van der Waals surface area contributed by atoms with E-state index in [2.05, 4.69) is 49.8 Å². The Balaban J connectivity index is 0.000000185. The van der Waals surface area contributed by atoms with E-state index in [4.69, 9.17) is 74.3 Å². The number of carbonyl (C=O) groups is 3. The number of unbranched alkanes of at least 4 members (excludes halogenated alkanes) is 1. The number of terminal acetylenes is 1. The van der Waals surface area contributed by atoms with E-state index in [1.165, 1.54) is 59.7 Å². The number of aromatic carboxylic acids is 1. The number of aromatic hydroxyl groups is 1. The molecule has 0 atom stereocenters. The Morgan fingerprint density at radius 2 is 0.911 bits per heavy atom. The standard InChI is InChI=1S/C26H30ClFN2O2.C18H16ClFN2.C17H14ClFN2O.C10H7ClFNO.C7H4ClFO2/c1-18-16-29-25(20-11-12-22(27)23(28)15-20)30(18)17-21-9-5-6-10-24(21)32-14-8-7-13-26(3,4)19(2)31;1-12-5-3-4-6-15(12)11-22-13(2)10-21-18(22)14-7-8-16(19)17(20)9-14;1-11-9-20-17(12-6-7-14(18)15(19)8-12)21(11)10-13-4-2-3-5-16(13)22;1-2-5-13-10(14)7-3-4-8(11)9(12)6-7;8-5-2-1-4(7(10)11)3-6(5)9/h5-6,9-12,15-16H,7-8,13-14,17H2,1-4H3;3-10H,11H2,1-2H3;2-9,22H,10H2,1H3;1,3-4,6H,5H2,(H,13,14);1-3H,(H,10,11). The van der Waals surface area contributed by atoms with Gasteiger partial charge >= 0.3 is 5.97 Å². The Bertz CT molecular complexity index is 4620. The van der Waals surface area contributed by atoms with E-state index in [0.29, 0.717) is 49.0 Å². The first-order chi connectivity index (χ1) is 48.1. The summed E-state index contributed by atoms with van der Waals surface area (Å²) < 4.78 is 79.0. The van der Waals surface area contributed by atoms with Crippen molar-refractivity contribution in [2.24, 2.45) is 5.41 Å². The molecule has 0 unspecified atom stereocenters. The number of carboxylic acid groups (broad SMARTS) is 1. The molecule has 0 aliphatic rings. The number of halogens is 10. The van der Waals surface area contributed by atoms with Crippen LogP contribution in [0.1, 0.15) is 100 Å². The normalized spacial score (nSPS) is 10.7. The lowest BCUT2D eigenvalue weighted by Crippen LogP contribution is -2.23. The highest BCUT2D eigenvalue weighted by Gasteiger charge is 2.23. The number of aromatic nitrogens is 6. The quantitative estimate of drug-likeness (QED) is 0.0406. The van der Waals surface area contributed by atoms with Gasteiger partial charge in [-0.1, -0.05) is 138 Å². The van der Waals surface area contributed by atoms with E-state index in [9.17, 15) is 41.4 Å². The van der Waals surface area contributed by atoms with Crippen molar-refractivity contribution in [3.8, 4) is 58.0 Å². The highest BCUT2D eigenvalue weighted by atomic mass is 35.5. The second-order valence-electron chi connectivity index (χ2n) is 23.7. The molecule has 0 spiro atoms. The molecule has 101 heavy (non-hydrogen) atoms. The van der Waals surface area contributed by atoms with Gasteiger partial charge in [-0.15, -0.1) is 6.42 Å². The number of para-hydroxylation sites is 2. The van der Waals surface area contributed by atoms with Gasteiger partial charge in [-0.2, -0.15) is 0 Å². The Labute approximate surface area is 608 Å². The van der Waals surface area contributed by atoms with Crippen LogP contribution in [-0.4, -0.2) is 69.7 Å². The molecule has 1 amide bonds. The van der Waals surface area contributed by atoms with E-state index in [1.54, 1.807) is 68.0 Å². The molecule has 0 saturated carbocycles. The number of imidazole rings is 3. The number of hydrogen-bond donors (Lipinski definition) is 3. The average Bonchev–Trinajstić information content (AvgIpc) is 1.71. The zero-order chi connectivity index (χ0) is 73.7. The fraction of sp³-hybridized carbons (Fsp3) is 0.205. The van der Waals surface area contributed by atoms with Crippen molar-refractivity contribution in [1.29, 1.82) is 0 Å². The van der Waals surface area contributed by atoms with Crippen molar-refractivity contribution >= 4 is 75.7 Å². The van der Waals surface area contributed by atoms with Gasteiger partial charge in [0.15, 0.2) is 0 Å². The van der Waals surface area contributed by atoms with Crippen LogP contribution in [0.4, 0.5) is 22.0 Å². The maximum atomic E-state index is 14.0. The number of nitrogens with zero attached hydrogens (tertiary/aromatic N) is 6. The number of phenolic OH excluding ortho intramolecular Hbond substituents is 1. The number of ketones is 1. The Hall–Kier alpha value is -9.74. The average molecular weight is 1470 g/mol. The number of nitrogens with one attached hydrogen (secondary N) is 1. The van der Waals surface area contributed by atoms with E-state index in [0.717, 1.165) is 76.7 Å². The second-order valence-corrected chi connectivity index (χ2v) is 25.7. The van der Waals surface area contributed by atoms with Crippen molar-refractivity contribution in [3.05, 3.63) is 287 Å². The highest BCUT2D eigenvalue weighted by Crippen LogP contribution is 2.32. The number of phenols is 1. The van der Waals surface area contributed by atoms with Crippen LogP contribution in [0.15, 0.2) is 182 Å². The molecule has 3 N–H and O–H groups in total. The van der Waals surface area contributed by atoms with Gasteiger partial charge in [0.1, 0.15) is 63.8 Å². The number of Topliss-reactive ketones (excluding diaryl/α,β-unsaturated/α-hetero) is 1. The van der Waals surface area contributed by atoms with Crippen LogP contribution in [0.5, 0.6) is 11.5 Å². The summed E-state index contributed by atoms with van der Waals surface area (Å²) in [6.45, 7) is 16.0. The summed E-state index contributed by atoms with van der Waals surface area (Å²) in [6, 6.07) is 44.5. The zero-order valence-corrected chi connectivity index (χ0v) is 59.8. The van der Waals surface area contributed by atoms with Crippen molar-refractivity contribution in [2.45, 2.75) is 87.4 Å². The molecule has 3 aromatic heterocycles. The van der Waals surface area contributed by atoms with Crippen LogP contribution < -0.4 is 10.1 Å². The van der Waals surface area contributed by atoms with Crippen molar-refractivity contribution < 1.29 is 51.3 Å². The molecule has 11 aromatic rings. The van der Waals surface area contributed by atoms with Gasteiger partial charge in [0.05, 0.1) is 56.9 Å². The molecule has 0 fully saturated rings. The number of amides is 1. The lowest BCUT2D eigenvalue weighted by atomic mass is 9.84. The van der Waals surface area contributed by atoms with Gasteiger partial charge in [-0.05, 0) is 168 Å². The molecular formula is C78H71Cl5F5N7O6. The van der Waals surface area contributed by atoms with E-state index in [-0.39, 0.29) is 59.7 Å². The number of benzene rings is 8. The SMILES string of the molecule is C#CCNC(=O)c1ccc(Cl)c(F)c1.CC(=O)C(C)(C)CCCCOc1ccccc1Cn1c(C)cnc1-c1ccc(Cl)c(F)c1.Cc1ccccc1Cn1c(C)cnc1-c1ccc(Cl)c(F)c1.Cc1cnc(-c2ccc(Cl)c(F)c2)n1Cc1ccccc1O.O=C(O)c1ccc(Cl)c(F)c1. The molecule has 0 radical (unpaired) electrons. The van der Waals surface area contributed by atoms with E-state index >= 15 is 0 Å². The van der Waals surface area contributed by atoms with Gasteiger partial charge in [0, 0.05) is 81.0 Å². The number of aryl methyl sites for hydroxylation is 4. The third kappa shape index (κ3) is 22.1. The van der Waals surface area contributed by atoms with Crippen molar-refractivity contribution in [2.75, 3.05) is 13.2 Å². The van der Waals surface area contributed by atoms with Crippen LogP contribution >= 0.6 is 58.0 Å². The van der Waals surface area contributed by atoms with Crippen LogP contribution in [0.3, 0.4) is 0 Å². The van der Waals surface area contributed by atoms with Gasteiger partial charge in [0.2, 0.25) is 0 Å². The fourth-order valence-electron chi connectivity index (χ4n) is 9.82. The van der Waals surface area contributed by atoms with Crippen LogP contribution in [0.25, 0.3) is 34.2 Å². The number of hydrogen-bond acceptors (Lipinski definition) is 8. The molecule has 524 valence electrons. The number of carbonyl (C=O) groups excluding carboxylic acids is 2. The summed E-state index contributed by atoms with van der Waals surface area (Å²) >= 11 is 28.1. The maximum Gasteiger partial charge on any atom is 0.335 e. The molecule has 8 aromatic carbocycles. The van der Waals surface area contributed by atoms with Crippen LogP contribution in [-0.2, 0) is 24.4 Å². The first-order valence-corrected chi connectivity index (χ1v) is 33.3. The zero-order valence-electron chi connectivity index (χ0n) is 56.0. The second kappa shape index (κ2) is 37.1. The van der Waals surface area contributed by atoms with Gasteiger partial charge in [-0.3, -0.25) is 9.59 Å². The number of rotatable bonds is 19. The van der Waals surface area contributed by atoms with Crippen LogP contribution in [0, 0.1) is 74.5 Å². The topological polar surface area (TPSA) is 166 Å². The minimum absolute atomic E-state index is 0.0153. The number of carboxylic acids is 1. The Morgan fingerprint density at radius 1 is 0.525 bits per heavy atom. The highest BCUT2D eigenvalue weighted by molar-refractivity contribution is 6.32. The third-order valence-electron chi connectivity index (χ3n) is 16.0. The third-order valence-corrected chi connectivity index (χ3v) is 17.5. The molecule has 13 nitrogen and oxygen atoms in total. The Morgan fingerprint density at radius 3 is 1.34 bits per heavy atom. The molecule has 0 bridgehead atoms. The first-order valence-electron chi connectivity index (χ1n) is 31.4. The van der Waals surface area contributed by atoms with Gasteiger partial charge < -0.3 is 34.0 Å². The fourth-order valence-corrected chi connectivity index (χ4v) is 10.4. The molecular weight excluding hydrogens is 1400 g/mol. The van der Waals surface area contributed by atoms with Crippen LogP contribution in [0.2, 0.25) is 25.1 Å². The van der Waals surface area contributed by atoms with Gasteiger partial charge in [-0.25, -0.2) is 41.7 Å². The largest absolute Gasteiger partial charge is 0.508 e. The smallest absolute Gasteiger partial charge is 0.335 e. The molecule has 0 saturated heterocycles. The predicted molar refractivity (Wildman–Crippen MR) is 390 cm³/mol. The number of ether oxygens (including phenoxy) is 1.